The number of alkyl halides is 1. The summed E-state index contributed by atoms with van der Waals surface area (Å²) in [7, 11) is -2.50. The molecule has 1 saturated carbocycles. The van der Waals surface area contributed by atoms with E-state index in [2.05, 4.69) is 38.6 Å². The first-order valence-corrected chi connectivity index (χ1v) is 21.5. The van der Waals surface area contributed by atoms with E-state index in [-0.39, 0.29) is 53.1 Å². The zero-order valence-corrected chi connectivity index (χ0v) is 33.9. The highest BCUT2D eigenvalue weighted by Gasteiger charge is 2.53. The number of amides is 2. The van der Waals surface area contributed by atoms with Crippen LogP contribution in [-0.2, 0) is 37.7 Å². The topological polar surface area (TPSA) is 126 Å². The molecular formula is C44H52F2N6O5S. The lowest BCUT2D eigenvalue weighted by Crippen LogP contribution is -2.64. The molecule has 0 bridgehead atoms. The Bertz CT molecular complexity index is 2220. The molecule has 4 aromatic rings. The molecule has 1 aliphatic carbocycles. The predicted molar refractivity (Wildman–Crippen MR) is 219 cm³/mol. The molecule has 2 aliphatic heterocycles. The van der Waals surface area contributed by atoms with Crippen LogP contribution < -0.4 is 15.5 Å². The van der Waals surface area contributed by atoms with Crippen molar-refractivity contribution in [2.45, 2.75) is 78.9 Å². The molecule has 0 spiro atoms. The fourth-order valence-electron chi connectivity index (χ4n) is 9.74. The maximum absolute atomic E-state index is 16.4. The van der Waals surface area contributed by atoms with E-state index >= 15 is 8.78 Å². The highest BCUT2D eigenvalue weighted by atomic mass is 32.2. The lowest BCUT2D eigenvalue weighted by atomic mass is 9.58. The second-order valence-corrected chi connectivity index (χ2v) is 17.9. The summed E-state index contributed by atoms with van der Waals surface area (Å²) in [6, 6.07) is 19.2. The van der Waals surface area contributed by atoms with E-state index in [1.807, 2.05) is 23.4 Å². The third-order valence-corrected chi connectivity index (χ3v) is 14.2. The summed E-state index contributed by atoms with van der Waals surface area (Å²) in [5, 5.41) is 5.71. The first-order valence-electron chi connectivity index (χ1n) is 20.0. The van der Waals surface area contributed by atoms with Gasteiger partial charge in [-0.3, -0.25) is 9.69 Å². The quantitative estimate of drug-likeness (QED) is 0.131. The number of rotatable bonds is 14. The molecule has 2 N–H and O–H groups in total. The average molecular weight is 815 g/mol. The minimum Gasteiger partial charge on any atom is -0.453 e. The smallest absolute Gasteiger partial charge is 0.407 e. The van der Waals surface area contributed by atoms with E-state index in [1.165, 1.54) is 37.4 Å². The number of nitrogens with one attached hydrogen (secondary N) is 2. The maximum Gasteiger partial charge on any atom is 0.407 e. The van der Waals surface area contributed by atoms with E-state index in [0.717, 1.165) is 61.7 Å². The van der Waals surface area contributed by atoms with Crippen LogP contribution in [0.3, 0.4) is 0 Å². The number of anilines is 2. The molecule has 0 unspecified atom stereocenters. The van der Waals surface area contributed by atoms with E-state index in [9.17, 15) is 18.0 Å². The standard InChI is InChI=1S/C44H52F2N6O5S/c1-4-40-47-21-24-51(40)30-44(32-9-6-10-33(45)25-32,38-13-8-14-39(38)49-42(54)57-3)31-19-22-50(23-20-31)27-43(46)28-52(29-43)35-15-17-36(18-16-35)58(55,56)37-12-7-11-34(26-37)48-41(53)5-2/h5-7,9-12,15-18,21,24-26,31,38-39H,2,4,8,13-14,19-20,22-23,27-30H2,1,3H3,(H,48,53)(H,49,54)/t38-,39-,44-/m0/s1. The Kier molecular flexibility index (Phi) is 12.1. The van der Waals surface area contributed by atoms with Gasteiger partial charge in [-0.1, -0.05) is 38.1 Å². The number of hydrogen-bond acceptors (Lipinski definition) is 8. The number of alkyl carbamates (subject to hydrolysis) is 1. The van der Waals surface area contributed by atoms with Crippen LogP contribution in [0, 0.1) is 17.7 Å². The number of aromatic nitrogens is 2. The van der Waals surface area contributed by atoms with Gasteiger partial charge in [-0.05, 0) is 117 Å². The molecule has 11 nitrogen and oxygen atoms in total. The Labute approximate surface area is 339 Å². The van der Waals surface area contributed by atoms with Crippen molar-refractivity contribution < 1.29 is 31.5 Å². The molecule has 3 fully saturated rings. The molecule has 14 heteroatoms. The molecule has 2 amide bonds. The number of sulfone groups is 1. The predicted octanol–water partition coefficient (Wildman–Crippen LogP) is 6.95. The number of imidazole rings is 1. The fraction of sp³-hybridized carbons (Fsp3) is 0.432. The van der Waals surface area contributed by atoms with E-state index in [1.54, 1.807) is 36.4 Å². The summed E-state index contributed by atoms with van der Waals surface area (Å²) in [5.74, 6) is 0.309. The van der Waals surface area contributed by atoms with Crippen LogP contribution in [0.1, 0.15) is 50.4 Å². The summed E-state index contributed by atoms with van der Waals surface area (Å²) < 4.78 is 65.6. The van der Waals surface area contributed by atoms with Gasteiger partial charge in [0, 0.05) is 54.7 Å². The van der Waals surface area contributed by atoms with Crippen LogP contribution >= 0.6 is 0 Å². The zero-order valence-electron chi connectivity index (χ0n) is 33.1. The highest BCUT2D eigenvalue weighted by molar-refractivity contribution is 7.91. The summed E-state index contributed by atoms with van der Waals surface area (Å²) in [6.45, 7) is 8.05. The van der Waals surface area contributed by atoms with Crippen LogP contribution in [0.2, 0.25) is 0 Å². The lowest BCUT2D eigenvalue weighted by molar-refractivity contribution is -0.111. The van der Waals surface area contributed by atoms with Gasteiger partial charge in [-0.15, -0.1) is 0 Å². The number of hydrogen-bond donors (Lipinski definition) is 2. The van der Waals surface area contributed by atoms with Gasteiger partial charge >= 0.3 is 6.09 Å². The first-order chi connectivity index (χ1) is 27.9. The SMILES string of the molecule is C=CC(=O)Nc1cccc(S(=O)(=O)c2ccc(N3CC(F)(CN4CCC([C@@](Cn5ccnc5CC)(c5cccc(F)c5)[C@H]5CCC[C@@H]5NC(=O)OC)CC4)C3)cc2)c1. The number of halogens is 2. The summed E-state index contributed by atoms with van der Waals surface area (Å²) in [5.41, 5.74) is -0.0119. The maximum atomic E-state index is 16.4. The van der Waals surface area contributed by atoms with Crippen LogP contribution in [0.25, 0.3) is 0 Å². The largest absolute Gasteiger partial charge is 0.453 e. The van der Waals surface area contributed by atoms with Crippen molar-refractivity contribution in [1.29, 1.82) is 0 Å². The third-order valence-electron chi connectivity index (χ3n) is 12.5. The van der Waals surface area contributed by atoms with Gasteiger partial charge in [-0.2, -0.15) is 0 Å². The van der Waals surface area contributed by atoms with Gasteiger partial charge in [0.15, 0.2) is 5.67 Å². The number of methoxy groups -OCH3 is 1. The number of aryl methyl sites for hydroxylation is 1. The second-order valence-electron chi connectivity index (χ2n) is 15.9. The molecule has 3 atom stereocenters. The Morgan fingerprint density at radius 3 is 2.45 bits per heavy atom. The first kappa shape index (κ1) is 41.1. The number of nitrogens with zero attached hydrogens (tertiary/aromatic N) is 4. The molecular weight excluding hydrogens is 763 g/mol. The van der Waals surface area contributed by atoms with Gasteiger partial charge < -0.3 is 24.8 Å². The number of carbonyl (C=O) groups is 2. The van der Waals surface area contributed by atoms with Crippen LogP contribution in [0.5, 0.6) is 0 Å². The van der Waals surface area contributed by atoms with Gasteiger partial charge in [0.25, 0.3) is 0 Å². The van der Waals surface area contributed by atoms with E-state index in [4.69, 9.17) is 4.74 Å². The number of carbonyl (C=O) groups excluding carboxylic acids is 2. The van der Waals surface area contributed by atoms with E-state index in [0.29, 0.717) is 25.3 Å². The molecule has 3 heterocycles. The highest BCUT2D eigenvalue weighted by Crippen LogP contribution is 2.52. The monoisotopic (exact) mass is 814 g/mol. The van der Waals surface area contributed by atoms with Crippen molar-refractivity contribution >= 4 is 33.2 Å². The van der Waals surface area contributed by atoms with Crippen LogP contribution in [-0.4, -0.2) is 86.4 Å². The van der Waals surface area contributed by atoms with Crippen molar-refractivity contribution in [3.8, 4) is 0 Å². The van der Waals surface area contributed by atoms with Gasteiger partial charge in [0.2, 0.25) is 15.7 Å². The molecule has 1 aromatic heterocycles. The van der Waals surface area contributed by atoms with Crippen LogP contribution in [0.4, 0.5) is 25.0 Å². The molecule has 3 aliphatic rings. The normalized spacial score (nSPS) is 20.8. The molecule has 58 heavy (non-hydrogen) atoms. The molecule has 2 saturated heterocycles. The van der Waals surface area contributed by atoms with Gasteiger partial charge in [0.1, 0.15) is 11.6 Å². The van der Waals surface area contributed by atoms with Crippen molar-refractivity contribution in [1.82, 2.24) is 19.8 Å². The number of ether oxygens (including phenoxy) is 1. The Morgan fingerprint density at radius 2 is 1.76 bits per heavy atom. The summed E-state index contributed by atoms with van der Waals surface area (Å²) in [4.78, 5) is 33.2. The number of benzene rings is 3. The van der Waals surface area contributed by atoms with Crippen molar-refractivity contribution in [2.24, 2.45) is 11.8 Å². The van der Waals surface area contributed by atoms with Crippen molar-refractivity contribution in [2.75, 3.05) is 50.1 Å². The number of likely N-dealkylation sites (tertiary alicyclic amines) is 1. The number of piperidine rings is 1. The molecule has 3 aromatic carbocycles. The minimum atomic E-state index is -3.87. The molecule has 0 radical (unpaired) electrons. The van der Waals surface area contributed by atoms with Gasteiger partial charge in [-0.25, -0.2) is 27.0 Å². The third kappa shape index (κ3) is 8.40. The second kappa shape index (κ2) is 17.0. The van der Waals surface area contributed by atoms with Crippen molar-refractivity contribution in [3.05, 3.63) is 115 Å². The lowest BCUT2D eigenvalue weighted by Gasteiger charge is -2.52. The summed E-state index contributed by atoms with van der Waals surface area (Å²) in [6.07, 6.45) is 9.30. The molecule has 7 rings (SSSR count). The minimum absolute atomic E-state index is 0.00123. The van der Waals surface area contributed by atoms with Crippen molar-refractivity contribution in [3.63, 3.8) is 0 Å². The summed E-state index contributed by atoms with van der Waals surface area (Å²) >= 11 is 0. The Morgan fingerprint density at radius 1 is 1.02 bits per heavy atom. The Hall–Kier alpha value is -5.08. The van der Waals surface area contributed by atoms with Crippen LogP contribution in [0.15, 0.2) is 108 Å². The van der Waals surface area contributed by atoms with Gasteiger partial charge in [0.05, 0.1) is 30.0 Å². The Balaban J connectivity index is 1.05. The molecule has 308 valence electrons. The van der Waals surface area contributed by atoms with E-state index < -0.39 is 32.9 Å². The fourth-order valence-corrected chi connectivity index (χ4v) is 11.0. The average Bonchev–Trinajstić information content (AvgIpc) is 3.88. The zero-order chi connectivity index (χ0) is 41.1.